The van der Waals surface area contributed by atoms with E-state index in [1.54, 1.807) is 5.08 Å². The van der Waals surface area contributed by atoms with E-state index in [0.717, 1.165) is 0 Å². The second-order valence-corrected chi connectivity index (χ2v) is 13.5. The molecule has 34 valence electrons. The van der Waals surface area contributed by atoms with Gasteiger partial charge in [-0.3, -0.25) is 0 Å². The average Bonchev–Trinajstić information content (AvgIpc) is 2.06. The lowest BCUT2D eigenvalue weighted by Crippen LogP contribution is -1.72. The fraction of sp³-hybridized carbons (Fsp3) is 1.00. The molecule has 0 bridgehead atoms. The Morgan fingerprint density at radius 3 is 2.00 bits per heavy atom. The van der Waals surface area contributed by atoms with E-state index < -0.39 is 0 Å². The molecule has 5 aliphatic heterocycles. The molecule has 0 nitrogen and oxygen atoms in total. The van der Waals surface area contributed by atoms with Gasteiger partial charge in [0.05, 0.1) is 8.66 Å². The Morgan fingerprint density at radius 2 is 2.00 bits per heavy atom. The molecule has 2 spiro atoms. The molecule has 0 N–H and O–H groups in total. The van der Waals surface area contributed by atoms with Crippen LogP contribution in [0.25, 0.3) is 0 Å². The quantitative estimate of drug-likeness (QED) is 0.334. The highest BCUT2D eigenvalue weighted by Gasteiger charge is 3.33. The minimum absolute atomic E-state index is 0.463. The lowest BCUT2D eigenvalue weighted by molar-refractivity contribution is 1.23. The maximum atomic E-state index is 2.53. The van der Waals surface area contributed by atoms with Gasteiger partial charge in [0.2, 0.25) is 0 Å². The van der Waals surface area contributed by atoms with Gasteiger partial charge in [0.25, 0.3) is 0 Å². The molecule has 5 aliphatic rings. The third kappa shape index (κ3) is 0.0370. The Hall–Kier alpha value is 0.700. The summed E-state index contributed by atoms with van der Waals surface area (Å²) in [5.74, 6) is 0. The topological polar surface area (TPSA) is 0 Å². The molecule has 0 saturated carbocycles. The first-order chi connectivity index (χ1) is 2.82. The van der Waals surface area contributed by atoms with Gasteiger partial charge in [-0.25, -0.2) is 0 Å². The summed E-state index contributed by atoms with van der Waals surface area (Å²) in [5.41, 5.74) is 0. The van der Waals surface area contributed by atoms with E-state index in [1.807, 2.05) is 0 Å². The normalized spacial score (nSPS) is 140. The molecule has 0 amide bonds. The lowest BCUT2D eigenvalue weighted by atomic mass is 10.6. The van der Waals surface area contributed by atoms with Crippen LogP contribution in [0.4, 0.5) is 0 Å². The molecule has 5 fully saturated rings. The van der Waals surface area contributed by atoms with Crippen LogP contribution in [-0.2, 0) is 0 Å². The maximum absolute atomic E-state index is 2.53. The Bertz CT molecular complexity index is 165. The Labute approximate surface area is 39.3 Å². The average molecular weight is 118 g/mol. The zero-order valence-corrected chi connectivity index (χ0v) is 5.23. The molecule has 2 heteroatoms. The van der Waals surface area contributed by atoms with E-state index in [-0.39, 0.29) is 0 Å². The smallest absolute Gasteiger partial charge is 0.0647 e. The van der Waals surface area contributed by atoms with Gasteiger partial charge in [-0.05, 0) is 6.92 Å². The molecule has 2 atom stereocenters. The van der Waals surface area contributed by atoms with Crippen molar-refractivity contribution in [3.05, 3.63) is 0 Å². The van der Waals surface area contributed by atoms with Crippen molar-refractivity contribution in [1.29, 1.82) is 0 Å². The standard InChI is InChI=1S/C4H6S2/c1-4-3-5(4)2-6(3,4)5/h3H,2H2,1H3. The first kappa shape index (κ1) is 2.31. The molecule has 0 aromatic heterocycles. The van der Waals surface area contributed by atoms with Gasteiger partial charge in [0.1, 0.15) is 0 Å². The predicted octanol–water partition coefficient (Wildman–Crippen LogP) is 1.56. The molecule has 5 rings (SSSR count). The molecule has 0 aliphatic carbocycles. The molecule has 5 saturated heterocycles. The highest BCUT2D eigenvalue weighted by atomic mass is 33.4. The van der Waals surface area contributed by atoms with Crippen molar-refractivity contribution in [1.82, 2.24) is 0 Å². The fourth-order valence-corrected chi connectivity index (χ4v) is 24.7. The first-order valence-electron chi connectivity index (χ1n) is 2.41. The van der Waals surface area contributed by atoms with Crippen molar-refractivity contribution in [3.8, 4) is 0 Å². The van der Waals surface area contributed by atoms with Gasteiger partial charge in [-0.15, -0.1) is 0 Å². The SMILES string of the molecule is CC12C3S14CS324. The Balaban J connectivity index is 2.46. The van der Waals surface area contributed by atoms with Gasteiger partial charge in [0.15, 0.2) is 0 Å². The van der Waals surface area contributed by atoms with Crippen LogP contribution in [0, 0.1) is 0 Å². The summed E-state index contributed by atoms with van der Waals surface area (Å²) in [6.45, 7) is 2.53. The molecule has 0 radical (unpaired) electrons. The summed E-state index contributed by atoms with van der Waals surface area (Å²) in [5, 5.41) is 1.81. The highest BCUT2D eigenvalue weighted by molar-refractivity contribution is 9.58. The van der Waals surface area contributed by atoms with Gasteiger partial charge in [-0.2, -0.15) is 18.1 Å². The third-order valence-electron chi connectivity index (χ3n) is 3.13. The van der Waals surface area contributed by atoms with Crippen LogP contribution in [-0.4, -0.2) is 13.7 Å². The van der Waals surface area contributed by atoms with Crippen molar-refractivity contribution >= 4 is 18.1 Å². The van der Waals surface area contributed by atoms with Crippen LogP contribution in [0.5, 0.6) is 0 Å². The second-order valence-electron chi connectivity index (χ2n) is 2.92. The van der Waals surface area contributed by atoms with Crippen LogP contribution in [0.2, 0.25) is 0 Å². The number of hydrogen-bond donors (Lipinski definition) is 0. The summed E-state index contributed by atoms with van der Waals surface area (Å²) in [6, 6.07) is 0. The van der Waals surface area contributed by atoms with Crippen molar-refractivity contribution in [2.75, 3.05) is 5.08 Å². The van der Waals surface area contributed by atoms with Crippen molar-refractivity contribution < 1.29 is 0 Å². The summed E-state index contributed by atoms with van der Waals surface area (Å²) >= 11 is 0. The minimum atomic E-state index is 0.463. The van der Waals surface area contributed by atoms with Gasteiger partial charge in [0, 0.05) is 5.08 Å². The van der Waals surface area contributed by atoms with E-state index in [0.29, 0.717) is 18.1 Å². The Kier molecular flexibility index (Phi) is 0.0942. The van der Waals surface area contributed by atoms with Gasteiger partial charge < -0.3 is 0 Å². The molecule has 6 heavy (non-hydrogen) atoms. The summed E-state index contributed by atoms with van der Waals surface area (Å²) in [7, 11) is 0.926. The predicted molar refractivity (Wildman–Crippen MR) is 32.2 cm³/mol. The fourth-order valence-electron chi connectivity index (χ4n) is 2.28. The van der Waals surface area contributed by atoms with E-state index in [9.17, 15) is 0 Å². The monoisotopic (exact) mass is 118 g/mol. The molecule has 0 aromatic carbocycles. The van der Waals surface area contributed by atoms with E-state index >= 15 is 0 Å². The van der Waals surface area contributed by atoms with Crippen LogP contribution in [0.1, 0.15) is 6.92 Å². The number of rotatable bonds is 0. The van der Waals surface area contributed by atoms with Crippen molar-refractivity contribution in [2.45, 2.75) is 15.6 Å². The van der Waals surface area contributed by atoms with Gasteiger partial charge >= 0.3 is 0 Å². The molecule has 2 unspecified atom stereocenters. The molecule has 5 heterocycles. The van der Waals surface area contributed by atoms with Crippen LogP contribution in [0.3, 0.4) is 0 Å². The molecular formula is C4H6S2. The molecule has 0 aromatic rings. The summed E-state index contributed by atoms with van der Waals surface area (Å²) in [4.78, 5) is 0. The second kappa shape index (κ2) is 0.244. The summed E-state index contributed by atoms with van der Waals surface area (Å²) in [6.07, 6.45) is 0. The largest absolute Gasteiger partial charge is 0.168 e. The minimum Gasteiger partial charge on any atom is -0.168 e. The van der Waals surface area contributed by atoms with Crippen molar-refractivity contribution in [3.63, 3.8) is 0 Å². The summed E-state index contributed by atoms with van der Waals surface area (Å²) < 4.78 is 2.65. The van der Waals surface area contributed by atoms with Crippen molar-refractivity contribution in [2.24, 2.45) is 0 Å². The van der Waals surface area contributed by atoms with Gasteiger partial charge in [-0.1, -0.05) is 0 Å². The van der Waals surface area contributed by atoms with Crippen LogP contribution in [0.15, 0.2) is 0 Å². The Morgan fingerprint density at radius 1 is 1.67 bits per heavy atom. The van der Waals surface area contributed by atoms with E-state index in [4.69, 9.17) is 0 Å². The van der Waals surface area contributed by atoms with Crippen LogP contribution >= 0.6 is 18.1 Å². The van der Waals surface area contributed by atoms with E-state index in [2.05, 4.69) is 6.92 Å². The molecular weight excluding hydrogens is 112 g/mol. The lowest BCUT2D eigenvalue weighted by Gasteiger charge is -1.84. The van der Waals surface area contributed by atoms with E-state index in [1.165, 1.54) is 8.66 Å². The maximum Gasteiger partial charge on any atom is 0.0647 e. The zero-order chi connectivity index (χ0) is 3.78. The van der Waals surface area contributed by atoms with Crippen LogP contribution < -0.4 is 0 Å². The third-order valence-corrected chi connectivity index (χ3v) is 20.2. The highest BCUT2D eigenvalue weighted by Crippen LogP contribution is 3.65. The number of hydrogen-bond acceptors (Lipinski definition) is 0. The zero-order valence-electron chi connectivity index (χ0n) is 3.60. The first-order valence-corrected chi connectivity index (χ1v) is 6.66.